The summed E-state index contributed by atoms with van der Waals surface area (Å²) >= 11 is 0. The van der Waals surface area contributed by atoms with E-state index < -0.39 is 0 Å². The molecule has 0 saturated carbocycles. The molecule has 0 saturated heterocycles. The maximum atomic E-state index is 5.95. The minimum Gasteiger partial charge on any atom is -0.493 e. The number of hydrogen-bond donors (Lipinski definition) is 2. The number of rotatable bonds is 10. The number of nitrogens with one attached hydrogen (secondary N) is 2. The third-order valence-electron chi connectivity index (χ3n) is 4.18. The maximum Gasteiger partial charge on any atom is 0.191 e. The van der Waals surface area contributed by atoms with Crippen LogP contribution in [0, 0.1) is 0 Å². The van der Waals surface area contributed by atoms with Crippen molar-refractivity contribution in [1.29, 1.82) is 0 Å². The first-order valence-electron chi connectivity index (χ1n) is 9.03. The van der Waals surface area contributed by atoms with Gasteiger partial charge >= 0.3 is 0 Å². The number of likely N-dealkylation sites (N-methyl/N-ethyl adjacent to an activating group) is 1. The summed E-state index contributed by atoms with van der Waals surface area (Å²) in [5.74, 6) is 2.27. The van der Waals surface area contributed by atoms with Crippen LogP contribution in [0.5, 0.6) is 11.5 Å². The van der Waals surface area contributed by atoms with E-state index in [9.17, 15) is 0 Å². The highest BCUT2D eigenvalue weighted by atomic mass is 16.5. The first-order valence-corrected chi connectivity index (χ1v) is 9.03. The highest BCUT2D eigenvalue weighted by Crippen LogP contribution is 2.26. The Balaban J connectivity index is 2.43. The fourth-order valence-corrected chi connectivity index (χ4v) is 2.66. The lowest BCUT2D eigenvalue weighted by Gasteiger charge is -2.27. The lowest BCUT2D eigenvalue weighted by atomic mass is 10.3. The highest BCUT2D eigenvalue weighted by molar-refractivity contribution is 5.79. The molecule has 2 atom stereocenters. The predicted molar refractivity (Wildman–Crippen MR) is 105 cm³/mol. The number of methoxy groups -OCH3 is 1. The molecule has 1 aromatic rings. The molecular formula is C19H34N4O2. The summed E-state index contributed by atoms with van der Waals surface area (Å²) in [6.45, 7) is 12.2. The monoisotopic (exact) mass is 350 g/mol. The van der Waals surface area contributed by atoms with E-state index in [1.165, 1.54) is 0 Å². The molecule has 0 aliphatic carbocycles. The second-order valence-electron chi connectivity index (χ2n) is 5.98. The average molecular weight is 351 g/mol. The summed E-state index contributed by atoms with van der Waals surface area (Å²) in [5.41, 5.74) is 0. The van der Waals surface area contributed by atoms with Crippen molar-refractivity contribution in [2.75, 3.05) is 40.3 Å². The fourth-order valence-electron chi connectivity index (χ4n) is 2.66. The zero-order valence-corrected chi connectivity index (χ0v) is 16.5. The smallest absolute Gasteiger partial charge is 0.191 e. The van der Waals surface area contributed by atoms with Crippen molar-refractivity contribution >= 4 is 5.96 Å². The Labute approximate surface area is 152 Å². The van der Waals surface area contributed by atoms with Crippen molar-refractivity contribution in [1.82, 2.24) is 15.5 Å². The van der Waals surface area contributed by atoms with Crippen molar-refractivity contribution in [3.05, 3.63) is 24.3 Å². The van der Waals surface area contributed by atoms with E-state index in [1.807, 2.05) is 31.2 Å². The van der Waals surface area contributed by atoms with Crippen LogP contribution in [-0.2, 0) is 0 Å². The van der Waals surface area contributed by atoms with E-state index in [0.717, 1.165) is 37.1 Å². The number of para-hydroxylation sites is 2. The van der Waals surface area contributed by atoms with Crippen LogP contribution in [0.3, 0.4) is 0 Å². The Kier molecular flexibility index (Phi) is 9.77. The fraction of sp³-hybridized carbons (Fsp3) is 0.632. The zero-order chi connectivity index (χ0) is 18.7. The summed E-state index contributed by atoms with van der Waals surface area (Å²) in [6.07, 6.45) is -0.0185. The quantitative estimate of drug-likeness (QED) is 0.501. The number of benzene rings is 1. The van der Waals surface area contributed by atoms with Crippen LogP contribution in [-0.4, -0.2) is 63.3 Å². The van der Waals surface area contributed by atoms with E-state index in [4.69, 9.17) is 9.47 Å². The van der Waals surface area contributed by atoms with Gasteiger partial charge in [-0.1, -0.05) is 26.0 Å². The minimum absolute atomic E-state index is 0.0185. The van der Waals surface area contributed by atoms with E-state index in [1.54, 1.807) is 14.2 Å². The summed E-state index contributed by atoms with van der Waals surface area (Å²) in [5, 5.41) is 6.69. The summed E-state index contributed by atoms with van der Waals surface area (Å²) in [4.78, 5) is 6.69. The molecule has 0 amide bonds. The Bertz CT molecular complexity index is 518. The van der Waals surface area contributed by atoms with Gasteiger partial charge in [0.15, 0.2) is 17.5 Å². The number of aliphatic imine (C=N–C) groups is 1. The van der Waals surface area contributed by atoms with Crippen molar-refractivity contribution in [3.8, 4) is 11.5 Å². The molecule has 142 valence electrons. The van der Waals surface area contributed by atoms with Gasteiger partial charge in [0, 0.05) is 19.6 Å². The molecule has 0 heterocycles. The molecule has 0 radical (unpaired) electrons. The molecule has 0 aliphatic heterocycles. The van der Waals surface area contributed by atoms with Crippen LogP contribution in [0.15, 0.2) is 29.3 Å². The van der Waals surface area contributed by atoms with Gasteiger partial charge in [-0.2, -0.15) is 0 Å². The van der Waals surface area contributed by atoms with Gasteiger partial charge in [0.2, 0.25) is 0 Å². The third-order valence-corrected chi connectivity index (χ3v) is 4.18. The van der Waals surface area contributed by atoms with Crippen molar-refractivity contribution in [2.45, 2.75) is 39.8 Å². The Morgan fingerprint density at radius 1 is 1.08 bits per heavy atom. The highest BCUT2D eigenvalue weighted by Gasteiger charge is 2.12. The molecule has 0 aromatic heterocycles. The lowest BCUT2D eigenvalue weighted by Crippen LogP contribution is -2.47. The van der Waals surface area contributed by atoms with Crippen LogP contribution in [0.4, 0.5) is 0 Å². The van der Waals surface area contributed by atoms with Crippen molar-refractivity contribution < 1.29 is 9.47 Å². The second-order valence-corrected chi connectivity index (χ2v) is 5.98. The van der Waals surface area contributed by atoms with Gasteiger partial charge in [-0.05, 0) is 39.1 Å². The number of nitrogens with zero attached hydrogens (tertiary/aromatic N) is 2. The lowest BCUT2D eigenvalue weighted by molar-refractivity contribution is 0.213. The summed E-state index contributed by atoms with van der Waals surface area (Å²) in [6, 6.07) is 8.12. The molecule has 0 bridgehead atoms. The molecule has 2 N–H and O–H groups in total. The van der Waals surface area contributed by atoms with Gasteiger partial charge in [-0.15, -0.1) is 0 Å². The first kappa shape index (κ1) is 21.1. The largest absolute Gasteiger partial charge is 0.493 e. The Morgan fingerprint density at radius 3 is 2.24 bits per heavy atom. The van der Waals surface area contributed by atoms with Crippen molar-refractivity contribution in [2.24, 2.45) is 4.99 Å². The van der Waals surface area contributed by atoms with Gasteiger partial charge in [-0.25, -0.2) is 0 Å². The van der Waals surface area contributed by atoms with Gasteiger partial charge in [0.1, 0.15) is 6.10 Å². The molecule has 25 heavy (non-hydrogen) atoms. The number of hydrogen-bond acceptors (Lipinski definition) is 4. The molecular weight excluding hydrogens is 316 g/mol. The standard InChI is InChI=1S/C19H34N4O2/c1-7-23(8-2)15(3)13-21-19(20-5)22-14-16(4)25-18-12-10-9-11-17(18)24-6/h9-12,15-16H,7-8,13-14H2,1-6H3,(H2,20,21,22). The van der Waals surface area contributed by atoms with Gasteiger partial charge in [0.25, 0.3) is 0 Å². The summed E-state index contributed by atoms with van der Waals surface area (Å²) in [7, 11) is 3.43. The third kappa shape index (κ3) is 7.22. The SMILES string of the molecule is CCN(CC)C(C)CNC(=NC)NCC(C)Oc1ccccc1OC. The van der Waals surface area contributed by atoms with Crippen molar-refractivity contribution in [3.63, 3.8) is 0 Å². The number of ether oxygens (including phenoxy) is 2. The molecule has 0 fully saturated rings. The predicted octanol–water partition coefficient (Wildman–Crippen LogP) is 2.36. The molecule has 1 aromatic carbocycles. The van der Waals surface area contributed by atoms with Crippen LogP contribution < -0.4 is 20.1 Å². The van der Waals surface area contributed by atoms with Crippen LogP contribution in [0.25, 0.3) is 0 Å². The topological polar surface area (TPSA) is 58.1 Å². The zero-order valence-electron chi connectivity index (χ0n) is 16.5. The molecule has 0 aliphatic rings. The van der Waals surface area contributed by atoms with E-state index in [0.29, 0.717) is 12.6 Å². The van der Waals surface area contributed by atoms with Gasteiger partial charge in [0.05, 0.1) is 13.7 Å². The Hall–Kier alpha value is -1.95. The normalized spacial score (nSPS) is 14.1. The van der Waals surface area contributed by atoms with Gasteiger partial charge in [-0.3, -0.25) is 9.89 Å². The molecule has 6 nitrogen and oxygen atoms in total. The molecule has 2 unspecified atom stereocenters. The molecule has 0 spiro atoms. The minimum atomic E-state index is -0.0185. The van der Waals surface area contributed by atoms with E-state index in [2.05, 4.69) is 41.3 Å². The van der Waals surface area contributed by atoms with Crippen LogP contribution in [0.2, 0.25) is 0 Å². The number of guanidine groups is 1. The average Bonchev–Trinajstić information content (AvgIpc) is 2.63. The van der Waals surface area contributed by atoms with Gasteiger partial charge < -0.3 is 20.1 Å². The summed E-state index contributed by atoms with van der Waals surface area (Å²) < 4.78 is 11.3. The first-order chi connectivity index (χ1) is 12.0. The maximum absolute atomic E-state index is 5.95. The van der Waals surface area contributed by atoms with E-state index >= 15 is 0 Å². The van der Waals surface area contributed by atoms with E-state index in [-0.39, 0.29) is 6.10 Å². The van der Waals surface area contributed by atoms with Crippen LogP contribution in [0.1, 0.15) is 27.7 Å². The second kappa shape index (κ2) is 11.6. The van der Waals surface area contributed by atoms with Crippen LogP contribution >= 0.6 is 0 Å². The molecule has 6 heteroatoms. The Morgan fingerprint density at radius 2 is 1.68 bits per heavy atom. The molecule has 1 rings (SSSR count).